The molecular weight excluding hydrogens is 340 g/mol. The van der Waals surface area contributed by atoms with Gasteiger partial charge >= 0.3 is 0 Å². The summed E-state index contributed by atoms with van der Waals surface area (Å²) >= 11 is 0. The summed E-state index contributed by atoms with van der Waals surface area (Å²) in [5.41, 5.74) is 1.48. The third-order valence-corrected chi connectivity index (χ3v) is 4.59. The fraction of sp³-hybridized carbons (Fsp3) is 0.273. The Bertz CT molecular complexity index is 947. The molecule has 5 nitrogen and oxygen atoms in total. The maximum Gasteiger partial charge on any atom is 0.254 e. The van der Waals surface area contributed by atoms with Crippen molar-refractivity contribution in [3.05, 3.63) is 77.5 Å². The molecule has 4 rings (SSSR count). The van der Waals surface area contributed by atoms with Crippen LogP contribution in [0.2, 0.25) is 0 Å². The number of hydrogen-bond acceptors (Lipinski definition) is 4. The Morgan fingerprint density at radius 1 is 1.11 bits per heavy atom. The van der Waals surface area contributed by atoms with Gasteiger partial charge in [0.05, 0.1) is 6.54 Å². The number of oxazole rings is 1. The monoisotopic (exact) mass is 362 g/mol. The van der Waals surface area contributed by atoms with Gasteiger partial charge in [-0.15, -0.1) is 0 Å². The van der Waals surface area contributed by atoms with Crippen LogP contribution in [-0.4, -0.2) is 22.3 Å². The van der Waals surface area contributed by atoms with E-state index in [0.29, 0.717) is 30.8 Å². The topological polar surface area (TPSA) is 55.6 Å². The highest BCUT2D eigenvalue weighted by Gasteiger charge is 2.26. The molecular formula is C22H22N2O3. The zero-order valence-electron chi connectivity index (χ0n) is 15.5. The summed E-state index contributed by atoms with van der Waals surface area (Å²) in [5.74, 6) is 3.26. The van der Waals surface area contributed by atoms with Crippen LogP contribution >= 0.6 is 0 Å². The van der Waals surface area contributed by atoms with E-state index >= 15 is 0 Å². The quantitative estimate of drug-likeness (QED) is 0.670. The first kappa shape index (κ1) is 17.3. The lowest BCUT2D eigenvalue weighted by molar-refractivity contribution is 0.0727. The lowest BCUT2D eigenvalue weighted by Crippen LogP contribution is -2.35. The van der Waals surface area contributed by atoms with Crippen LogP contribution in [0, 0.1) is 0 Å². The van der Waals surface area contributed by atoms with Crippen LogP contribution in [0.25, 0.3) is 0 Å². The van der Waals surface area contributed by atoms with E-state index in [4.69, 9.17) is 9.15 Å². The van der Waals surface area contributed by atoms with Crippen LogP contribution < -0.4 is 4.74 Å². The molecule has 0 unspecified atom stereocenters. The van der Waals surface area contributed by atoms with Gasteiger partial charge in [0.15, 0.2) is 5.89 Å². The lowest BCUT2D eigenvalue weighted by Gasteiger charge is -2.25. The minimum Gasteiger partial charge on any atom is -0.457 e. The lowest BCUT2D eigenvalue weighted by atomic mass is 10.1. The van der Waals surface area contributed by atoms with E-state index in [1.54, 1.807) is 6.07 Å². The molecule has 1 amide bonds. The summed E-state index contributed by atoms with van der Waals surface area (Å²) in [6.45, 7) is 5.22. The molecule has 138 valence electrons. The number of benzene rings is 2. The number of ether oxygens (including phenoxy) is 1. The molecule has 0 saturated carbocycles. The van der Waals surface area contributed by atoms with Gasteiger partial charge in [-0.1, -0.05) is 38.1 Å². The van der Waals surface area contributed by atoms with Crippen molar-refractivity contribution in [3.8, 4) is 11.5 Å². The highest BCUT2D eigenvalue weighted by atomic mass is 16.5. The smallest absolute Gasteiger partial charge is 0.254 e. The summed E-state index contributed by atoms with van der Waals surface area (Å²) in [4.78, 5) is 19.3. The van der Waals surface area contributed by atoms with E-state index in [9.17, 15) is 4.79 Å². The largest absolute Gasteiger partial charge is 0.457 e. The molecule has 0 aliphatic carbocycles. The summed E-state index contributed by atoms with van der Waals surface area (Å²) in [7, 11) is 0. The summed E-state index contributed by atoms with van der Waals surface area (Å²) in [5, 5.41) is 0. The van der Waals surface area contributed by atoms with Crippen LogP contribution in [0.3, 0.4) is 0 Å². The molecule has 2 heterocycles. The van der Waals surface area contributed by atoms with Crippen molar-refractivity contribution in [3.63, 3.8) is 0 Å². The van der Waals surface area contributed by atoms with E-state index in [0.717, 1.165) is 23.1 Å². The van der Waals surface area contributed by atoms with Crippen LogP contribution in [0.4, 0.5) is 0 Å². The number of fused-ring (bicyclic) bond motifs is 1. The van der Waals surface area contributed by atoms with Gasteiger partial charge in [-0.3, -0.25) is 4.79 Å². The van der Waals surface area contributed by atoms with E-state index in [-0.39, 0.29) is 11.8 Å². The fourth-order valence-electron chi connectivity index (χ4n) is 3.14. The Morgan fingerprint density at radius 3 is 2.67 bits per heavy atom. The van der Waals surface area contributed by atoms with Gasteiger partial charge in [-0.25, -0.2) is 4.98 Å². The Morgan fingerprint density at radius 2 is 1.89 bits per heavy atom. The minimum atomic E-state index is -0.0201. The van der Waals surface area contributed by atoms with Gasteiger partial charge in [-0.2, -0.15) is 0 Å². The molecule has 1 aromatic heterocycles. The van der Waals surface area contributed by atoms with Gasteiger partial charge in [-0.05, 0) is 30.3 Å². The molecule has 3 aromatic rings. The first-order valence-electron chi connectivity index (χ1n) is 9.21. The van der Waals surface area contributed by atoms with Crippen molar-refractivity contribution >= 4 is 5.91 Å². The Kier molecular flexibility index (Phi) is 4.67. The van der Waals surface area contributed by atoms with Crippen molar-refractivity contribution in [1.82, 2.24) is 9.88 Å². The highest BCUT2D eigenvalue weighted by Crippen LogP contribution is 2.26. The maximum atomic E-state index is 13.0. The van der Waals surface area contributed by atoms with Gasteiger partial charge in [0.2, 0.25) is 0 Å². The van der Waals surface area contributed by atoms with Crippen LogP contribution in [-0.2, 0) is 13.0 Å². The third kappa shape index (κ3) is 3.72. The Hall–Kier alpha value is -3.08. The average molecular weight is 362 g/mol. The molecule has 0 bridgehead atoms. The first-order valence-corrected chi connectivity index (χ1v) is 9.21. The van der Waals surface area contributed by atoms with Gasteiger partial charge in [0, 0.05) is 24.4 Å². The normalized spacial score (nSPS) is 13.5. The average Bonchev–Trinajstić information content (AvgIpc) is 3.12. The van der Waals surface area contributed by atoms with Crippen LogP contribution in [0.15, 0.2) is 59.0 Å². The van der Waals surface area contributed by atoms with Gasteiger partial charge < -0.3 is 14.1 Å². The summed E-state index contributed by atoms with van der Waals surface area (Å²) < 4.78 is 11.7. The Labute approximate surface area is 158 Å². The van der Waals surface area contributed by atoms with Crippen molar-refractivity contribution in [2.75, 3.05) is 6.54 Å². The highest BCUT2D eigenvalue weighted by molar-refractivity contribution is 5.94. The molecule has 0 radical (unpaired) electrons. The molecule has 2 aromatic carbocycles. The second kappa shape index (κ2) is 7.27. The van der Waals surface area contributed by atoms with E-state index in [1.165, 1.54) is 0 Å². The van der Waals surface area contributed by atoms with E-state index in [1.807, 2.05) is 53.4 Å². The standard InChI is InChI=1S/C22H22N2O3/c1-15(2)21-23-19-14-24(12-11-20(19)27-21)22(25)16-7-6-10-18(13-16)26-17-8-4-3-5-9-17/h3-10,13,15H,11-12,14H2,1-2H3. The molecule has 0 spiro atoms. The van der Waals surface area contributed by atoms with E-state index in [2.05, 4.69) is 18.8 Å². The number of hydrogen-bond donors (Lipinski definition) is 0. The van der Waals surface area contributed by atoms with Crippen LogP contribution in [0.5, 0.6) is 11.5 Å². The predicted molar refractivity (Wildman–Crippen MR) is 102 cm³/mol. The first-order chi connectivity index (χ1) is 13.1. The van der Waals surface area contributed by atoms with Crippen molar-refractivity contribution in [2.45, 2.75) is 32.7 Å². The van der Waals surface area contributed by atoms with Crippen molar-refractivity contribution < 1.29 is 13.9 Å². The number of amides is 1. The molecule has 0 N–H and O–H groups in total. The number of para-hydroxylation sites is 1. The molecule has 0 fully saturated rings. The molecule has 27 heavy (non-hydrogen) atoms. The molecule has 0 saturated heterocycles. The van der Waals surface area contributed by atoms with Gasteiger partial charge in [0.1, 0.15) is 23.0 Å². The van der Waals surface area contributed by atoms with Crippen LogP contribution in [0.1, 0.15) is 47.5 Å². The Balaban J connectivity index is 1.50. The molecule has 0 atom stereocenters. The molecule has 1 aliphatic rings. The number of aromatic nitrogens is 1. The zero-order valence-corrected chi connectivity index (χ0v) is 15.5. The summed E-state index contributed by atoms with van der Waals surface area (Å²) in [6.07, 6.45) is 0.695. The second-order valence-corrected chi connectivity index (χ2v) is 7.00. The van der Waals surface area contributed by atoms with Crippen molar-refractivity contribution in [2.24, 2.45) is 0 Å². The van der Waals surface area contributed by atoms with Crippen molar-refractivity contribution in [1.29, 1.82) is 0 Å². The molecule has 5 heteroatoms. The third-order valence-electron chi connectivity index (χ3n) is 4.59. The zero-order chi connectivity index (χ0) is 18.8. The SMILES string of the molecule is CC(C)c1nc2c(o1)CCN(C(=O)c1cccc(Oc3ccccc3)c1)C2. The minimum absolute atomic E-state index is 0.0201. The molecule has 1 aliphatic heterocycles. The fourth-order valence-corrected chi connectivity index (χ4v) is 3.14. The van der Waals surface area contributed by atoms with E-state index < -0.39 is 0 Å². The second-order valence-electron chi connectivity index (χ2n) is 7.00. The number of nitrogens with zero attached hydrogens (tertiary/aromatic N) is 2. The predicted octanol–water partition coefficient (Wildman–Crippen LogP) is 4.79. The number of rotatable bonds is 4. The number of carbonyl (C=O) groups is 1. The summed E-state index contributed by atoms with van der Waals surface area (Å²) in [6, 6.07) is 16.8. The number of carbonyl (C=O) groups excluding carboxylic acids is 1. The van der Waals surface area contributed by atoms with Gasteiger partial charge in [0.25, 0.3) is 5.91 Å². The maximum absolute atomic E-state index is 13.0.